The van der Waals surface area contributed by atoms with Crippen molar-refractivity contribution in [1.82, 2.24) is 14.5 Å². The largest absolute Gasteiger partial charge is 0.315 e. The molecule has 0 fully saturated rings. The van der Waals surface area contributed by atoms with Crippen LogP contribution in [0.2, 0.25) is 0 Å². The molecule has 0 aliphatic carbocycles. The Balaban J connectivity index is 1.60. The Bertz CT molecular complexity index is 1280. The number of anilines is 2. The molecule has 0 saturated carbocycles. The predicted molar refractivity (Wildman–Crippen MR) is 135 cm³/mol. The van der Waals surface area contributed by atoms with Crippen LogP contribution in [0.4, 0.5) is 10.8 Å². The molecule has 164 valence electrons. The number of hydrogen-bond donors (Lipinski definition) is 0. The molecule has 0 aliphatic heterocycles. The smallest absolute Gasteiger partial charge is 0.230 e. The highest BCUT2D eigenvalue weighted by Crippen LogP contribution is 2.35. The number of hydrogen-bond acceptors (Lipinski definition) is 5. The maximum Gasteiger partial charge on any atom is 0.230 e. The maximum absolute atomic E-state index is 12.6. The first-order valence-electron chi connectivity index (χ1n) is 10.4. The third-order valence-corrected chi connectivity index (χ3v) is 7.07. The van der Waals surface area contributed by atoms with Gasteiger partial charge < -0.3 is 4.57 Å². The number of allylic oxidation sites excluding steroid dienone is 1. The van der Waals surface area contributed by atoms with Crippen LogP contribution in [0, 0.1) is 20.8 Å². The van der Waals surface area contributed by atoms with Crippen LogP contribution < -0.4 is 4.90 Å². The number of benzene rings is 2. The van der Waals surface area contributed by atoms with Gasteiger partial charge in [0, 0.05) is 24.6 Å². The zero-order valence-corrected chi connectivity index (χ0v) is 20.4. The molecular weight excluding hydrogens is 436 g/mol. The lowest BCUT2D eigenvalue weighted by Gasteiger charge is -2.23. The summed E-state index contributed by atoms with van der Waals surface area (Å²) in [6.07, 6.45) is 1.89. The van der Waals surface area contributed by atoms with Crippen molar-refractivity contribution < 1.29 is 4.79 Å². The van der Waals surface area contributed by atoms with Crippen molar-refractivity contribution >= 4 is 50.9 Å². The van der Waals surface area contributed by atoms with Crippen LogP contribution in [0.15, 0.2) is 59.6 Å². The van der Waals surface area contributed by atoms with Crippen LogP contribution in [-0.4, -0.2) is 20.4 Å². The van der Waals surface area contributed by atoms with Gasteiger partial charge in [0.05, 0.1) is 22.4 Å². The van der Waals surface area contributed by atoms with Crippen LogP contribution in [0.1, 0.15) is 29.3 Å². The van der Waals surface area contributed by atoms with Gasteiger partial charge in [-0.05, 0) is 44.0 Å². The van der Waals surface area contributed by atoms with Gasteiger partial charge in [-0.3, -0.25) is 9.69 Å². The van der Waals surface area contributed by atoms with Crippen molar-refractivity contribution in [3.05, 3.63) is 76.8 Å². The molecule has 0 bridgehead atoms. The van der Waals surface area contributed by atoms with E-state index in [1.54, 1.807) is 23.6 Å². The Hall–Kier alpha value is -2.90. The standard InChI is InChI=1S/C25H26N4OS2/c1-6-11-28-22-10-8-7-9-21(22)27-24(28)31-14-20-15-32-25(26-20)29(19(5)30)23-17(3)12-16(2)13-18(23)4/h6-10,12-13,15H,1,11,14H2,2-5H3. The molecule has 0 radical (unpaired) electrons. The topological polar surface area (TPSA) is 51.0 Å². The monoisotopic (exact) mass is 462 g/mol. The summed E-state index contributed by atoms with van der Waals surface area (Å²) in [5, 5.41) is 3.66. The van der Waals surface area contributed by atoms with Gasteiger partial charge in [0.25, 0.3) is 0 Å². The highest BCUT2D eigenvalue weighted by molar-refractivity contribution is 7.98. The first-order valence-corrected chi connectivity index (χ1v) is 12.3. The second kappa shape index (κ2) is 9.30. The van der Waals surface area contributed by atoms with Gasteiger partial charge >= 0.3 is 0 Å². The van der Waals surface area contributed by atoms with Crippen LogP contribution in [0.5, 0.6) is 0 Å². The summed E-state index contributed by atoms with van der Waals surface area (Å²) in [5.74, 6) is 0.635. The molecule has 4 aromatic rings. The minimum Gasteiger partial charge on any atom is -0.315 e. The number of aromatic nitrogens is 3. The second-order valence-electron chi connectivity index (χ2n) is 7.79. The van der Waals surface area contributed by atoms with E-state index in [1.165, 1.54) is 16.9 Å². The summed E-state index contributed by atoms with van der Waals surface area (Å²) in [7, 11) is 0. The molecule has 0 atom stereocenters. The van der Waals surface area contributed by atoms with Gasteiger partial charge in [-0.2, -0.15) is 0 Å². The van der Waals surface area contributed by atoms with E-state index in [0.29, 0.717) is 17.4 Å². The third kappa shape index (κ3) is 4.36. The van der Waals surface area contributed by atoms with E-state index < -0.39 is 0 Å². The average Bonchev–Trinajstić information content (AvgIpc) is 3.34. The summed E-state index contributed by atoms with van der Waals surface area (Å²) in [6, 6.07) is 12.3. The van der Waals surface area contributed by atoms with Gasteiger partial charge in [-0.15, -0.1) is 17.9 Å². The van der Waals surface area contributed by atoms with E-state index in [0.717, 1.165) is 38.7 Å². The number of carbonyl (C=O) groups excluding carboxylic acids is 1. The predicted octanol–water partition coefficient (Wildman–Crippen LogP) is 6.58. The fourth-order valence-corrected chi connectivity index (χ4v) is 5.88. The van der Waals surface area contributed by atoms with Crippen molar-refractivity contribution in [3.63, 3.8) is 0 Å². The lowest BCUT2D eigenvalue weighted by Crippen LogP contribution is -2.24. The molecule has 0 aliphatic rings. The van der Waals surface area contributed by atoms with Gasteiger partial charge in [0.15, 0.2) is 10.3 Å². The number of fused-ring (bicyclic) bond motifs is 1. The summed E-state index contributed by atoms with van der Waals surface area (Å²) in [4.78, 5) is 23.9. The van der Waals surface area contributed by atoms with Crippen molar-refractivity contribution in [2.75, 3.05) is 4.90 Å². The molecule has 4 rings (SSSR count). The van der Waals surface area contributed by atoms with Crippen molar-refractivity contribution in [2.45, 2.75) is 45.1 Å². The number of nitrogens with zero attached hydrogens (tertiary/aromatic N) is 4. The lowest BCUT2D eigenvalue weighted by atomic mass is 10.0. The molecule has 2 aromatic heterocycles. The number of thioether (sulfide) groups is 1. The van der Waals surface area contributed by atoms with E-state index >= 15 is 0 Å². The molecule has 7 heteroatoms. The van der Waals surface area contributed by atoms with Crippen molar-refractivity contribution in [3.8, 4) is 0 Å². The summed E-state index contributed by atoms with van der Waals surface area (Å²) in [5.41, 5.74) is 7.26. The van der Waals surface area contributed by atoms with Gasteiger partial charge in [-0.1, -0.05) is 47.7 Å². The maximum atomic E-state index is 12.6. The van der Waals surface area contributed by atoms with Crippen LogP contribution in [0.25, 0.3) is 11.0 Å². The molecule has 0 unspecified atom stereocenters. The second-order valence-corrected chi connectivity index (χ2v) is 9.57. The van der Waals surface area contributed by atoms with E-state index in [-0.39, 0.29) is 5.91 Å². The molecule has 0 N–H and O–H groups in total. The van der Waals surface area contributed by atoms with E-state index in [4.69, 9.17) is 9.97 Å². The molecule has 2 heterocycles. The van der Waals surface area contributed by atoms with Crippen molar-refractivity contribution in [2.24, 2.45) is 0 Å². The average molecular weight is 463 g/mol. The van der Waals surface area contributed by atoms with Gasteiger partial charge in [0.2, 0.25) is 5.91 Å². The zero-order valence-electron chi connectivity index (χ0n) is 18.8. The number of imidazole rings is 1. The van der Waals surface area contributed by atoms with Crippen molar-refractivity contribution in [1.29, 1.82) is 0 Å². The number of amides is 1. The molecule has 0 spiro atoms. The minimum absolute atomic E-state index is 0.0404. The number of thiazole rings is 1. The number of rotatable bonds is 7. The molecule has 1 amide bonds. The molecule has 2 aromatic carbocycles. The molecule has 5 nitrogen and oxygen atoms in total. The van der Waals surface area contributed by atoms with Gasteiger partial charge in [0.1, 0.15) is 0 Å². The SMILES string of the molecule is C=CCn1c(SCc2csc(N(C(C)=O)c3c(C)cc(C)cc3C)n2)nc2ccccc21. The summed E-state index contributed by atoms with van der Waals surface area (Å²) >= 11 is 3.14. The molecule has 0 saturated heterocycles. The first kappa shape index (κ1) is 22.3. The van der Waals surface area contributed by atoms with Crippen LogP contribution >= 0.6 is 23.1 Å². The van der Waals surface area contributed by atoms with Crippen LogP contribution in [0.3, 0.4) is 0 Å². The fourth-order valence-electron chi connectivity index (χ4n) is 3.99. The Morgan fingerprint density at radius 3 is 2.59 bits per heavy atom. The van der Waals surface area contributed by atoms with Gasteiger partial charge in [-0.25, -0.2) is 9.97 Å². The number of carbonyl (C=O) groups is 1. The van der Waals surface area contributed by atoms with Crippen LogP contribution in [-0.2, 0) is 17.1 Å². The Labute approximate surface area is 196 Å². The van der Waals surface area contributed by atoms with E-state index in [1.807, 2.05) is 43.5 Å². The molecular formula is C25H26N4OS2. The zero-order chi connectivity index (χ0) is 22.8. The normalized spacial score (nSPS) is 11.1. The van der Waals surface area contributed by atoms with E-state index in [2.05, 4.69) is 36.3 Å². The van der Waals surface area contributed by atoms with E-state index in [9.17, 15) is 4.79 Å². The third-order valence-electron chi connectivity index (χ3n) is 5.19. The highest BCUT2D eigenvalue weighted by Gasteiger charge is 2.22. The Morgan fingerprint density at radius 1 is 1.19 bits per heavy atom. The Morgan fingerprint density at radius 2 is 1.91 bits per heavy atom. The first-order chi connectivity index (χ1) is 15.4. The number of para-hydroxylation sites is 2. The number of aryl methyl sites for hydroxylation is 3. The minimum atomic E-state index is -0.0404. The Kier molecular flexibility index (Phi) is 6.48. The molecule has 32 heavy (non-hydrogen) atoms. The quantitative estimate of drug-likeness (QED) is 0.230. The summed E-state index contributed by atoms with van der Waals surface area (Å²) in [6.45, 7) is 12.3. The highest BCUT2D eigenvalue weighted by atomic mass is 32.2. The summed E-state index contributed by atoms with van der Waals surface area (Å²) < 4.78 is 2.17. The lowest BCUT2D eigenvalue weighted by molar-refractivity contribution is -0.115. The fraction of sp³-hybridized carbons (Fsp3) is 0.240.